The lowest BCUT2D eigenvalue weighted by atomic mass is 10.1. The Labute approximate surface area is 204 Å². The molecule has 1 fully saturated rings. The van der Waals surface area contributed by atoms with Gasteiger partial charge in [0.2, 0.25) is 5.91 Å². The van der Waals surface area contributed by atoms with Crippen LogP contribution in [0.25, 0.3) is 6.08 Å². The summed E-state index contributed by atoms with van der Waals surface area (Å²) < 4.78 is 5.96. The molecule has 3 aromatic rings. The summed E-state index contributed by atoms with van der Waals surface area (Å²) in [7, 11) is 0. The second-order valence-electron chi connectivity index (χ2n) is 8.28. The van der Waals surface area contributed by atoms with E-state index < -0.39 is 0 Å². The maximum absolute atomic E-state index is 12.9. The summed E-state index contributed by atoms with van der Waals surface area (Å²) in [5, 5.41) is 12.0. The largest absolute Gasteiger partial charge is 0.487 e. The number of aryl methyl sites for hydroxylation is 1. The molecule has 0 N–H and O–H groups in total. The molecule has 174 valence electrons. The van der Waals surface area contributed by atoms with Crippen LogP contribution >= 0.6 is 11.3 Å². The number of amides is 1. The normalized spacial score (nSPS) is 14.6. The molecule has 0 atom stereocenters. The van der Waals surface area contributed by atoms with E-state index in [1.54, 1.807) is 17.4 Å². The molecule has 2 aromatic carbocycles. The van der Waals surface area contributed by atoms with Crippen LogP contribution in [0, 0.1) is 18.3 Å². The van der Waals surface area contributed by atoms with Crippen molar-refractivity contribution in [1.29, 1.82) is 5.26 Å². The summed E-state index contributed by atoms with van der Waals surface area (Å²) in [6.45, 7) is 6.42. The summed E-state index contributed by atoms with van der Waals surface area (Å²) >= 11 is 1.61. The fraction of sp³-hybridized carbons (Fsp3) is 0.296. The van der Waals surface area contributed by atoms with E-state index in [0.717, 1.165) is 54.6 Å². The van der Waals surface area contributed by atoms with Crippen LogP contribution in [0.2, 0.25) is 0 Å². The summed E-state index contributed by atoms with van der Waals surface area (Å²) in [6, 6.07) is 17.6. The van der Waals surface area contributed by atoms with Crippen LogP contribution in [-0.2, 0) is 17.9 Å². The van der Waals surface area contributed by atoms with Crippen molar-refractivity contribution < 1.29 is 9.53 Å². The smallest absolute Gasteiger partial charge is 0.246 e. The monoisotopic (exact) mass is 472 g/mol. The van der Waals surface area contributed by atoms with Crippen LogP contribution in [0.3, 0.4) is 0 Å². The molecule has 0 spiro atoms. The molecular formula is C27H28N4O2S. The van der Waals surface area contributed by atoms with E-state index in [9.17, 15) is 4.79 Å². The number of para-hydroxylation sites is 1. The summed E-state index contributed by atoms with van der Waals surface area (Å²) in [6.07, 6.45) is 4.41. The van der Waals surface area contributed by atoms with Crippen molar-refractivity contribution in [2.75, 3.05) is 26.2 Å². The zero-order valence-corrected chi connectivity index (χ0v) is 20.1. The zero-order valence-electron chi connectivity index (χ0n) is 19.3. The lowest BCUT2D eigenvalue weighted by Crippen LogP contribution is -2.34. The van der Waals surface area contributed by atoms with Crippen molar-refractivity contribution in [2.24, 2.45) is 0 Å². The number of rotatable bonds is 7. The Balaban J connectivity index is 1.32. The van der Waals surface area contributed by atoms with Gasteiger partial charge in [0.25, 0.3) is 0 Å². The average Bonchev–Trinajstić information content (AvgIpc) is 3.14. The molecule has 0 unspecified atom stereocenters. The van der Waals surface area contributed by atoms with Crippen molar-refractivity contribution in [1.82, 2.24) is 14.8 Å². The number of hydrogen-bond donors (Lipinski definition) is 0. The highest BCUT2D eigenvalue weighted by Gasteiger charge is 2.18. The SMILES string of the molecule is Cc1nc(COc2ccccc2/C=C/C(=O)N2CCCN(Cc3ccc(C#N)cc3)CC2)cs1. The Kier molecular flexibility index (Phi) is 8.08. The number of nitriles is 1. The third-order valence-corrected chi connectivity index (χ3v) is 6.58. The van der Waals surface area contributed by atoms with Gasteiger partial charge < -0.3 is 9.64 Å². The quantitative estimate of drug-likeness (QED) is 0.468. The van der Waals surface area contributed by atoms with Gasteiger partial charge in [0.15, 0.2) is 0 Å². The number of carbonyl (C=O) groups excluding carboxylic acids is 1. The zero-order chi connectivity index (χ0) is 23.8. The minimum Gasteiger partial charge on any atom is -0.487 e. The molecular weight excluding hydrogens is 444 g/mol. The molecule has 1 aliphatic heterocycles. The third-order valence-electron chi connectivity index (χ3n) is 5.76. The maximum Gasteiger partial charge on any atom is 0.246 e. The lowest BCUT2D eigenvalue weighted by Gasteiger charge is -2.21. The predicted molar refractivity (Wildman–Crippen MR) is 134 cm³/mol. The highest BCUT2D eigenvalue weighted by atomic mass is 32.1. The third kappa shape index (κ3) is 6.53. The Hall–Kier alpha value is -3.47. The summed E-state index contributed by atoms with van der Waals surface area (Å²) in [5.41, 5.74) is 3.64. The molecule has 0 bridgehead atoms. The van der Waals surface area contributed by atoms with Crippen LogP contribution in [0.15, 0.2) is 60.0 Å². The minimum atomic E-state index is 0.0187. The number of hydrogen-bond acceptors (Lipinski definition) is 6. The number of ether oxygens (including phenoxy) is 1. The van der Waals surface area contributed by atoms with Gasteiger partial charge in [0.05, 0.1) is 22.3 Å². The van der Waals surface area contributed by atoms with Crippen molar-refractivity contribution in [3.8, 4) is 11.8 Å². The van der Waals surface area contributed by atoms with Gasteiger partial charge in [-0.1, -0.05) is 30.3 Å². The average molecular weight is 473 g/mol. The molecule has 34 heavy (non-hydrogen) atoms. The van der Waals surface area contributed by atoms with E-state index in [-0.39, 0.29) is 5.91 Å². The Morgan fingerprint density at radius 1 is 1.15 bits per heavy atom. The molecule has 0 radical (unpaired) electrons. The van der Waals surface area contributed by atoms with Crippen LogP contribution in [0.1, 0.15) is 33.8 Å². The first-order valence-corrected chi connectivity index (χ1v) is 12.3. The standard InChI is InChI=1S/C27H28N4O2S/c1-21-29-25(20-34-21)19-33-26-6-3-2-5-24(26)11-12-27(32)31-14-4-13-30(15-16-31)18-23-9-7-22(17-28)8-10-23/h2-3,5-12,20H,4,13-16,18-19H2,1H3/b12-11+. The highest BCUT2D eigenvalue weighted by Crippen LogP contribution is 2.21. The molecule has 0 aliphatic carbocycles. The Morgan fingerprint density at radius 3 is 2.74 bits per heavy atom. The van der Waals surface area contributed by atoms with Gasteiger partial charge >= 0.3 is 0 Å². The van der Waals surface area contributed by atoms with E-state index in [0.29, 0.717) is 18.7 Å². The number of nitrogens with zero attached hydrogens (tertiary/aromatic N) is 4. The van der Waals surface area contributed by atoms with Crippen molar-refractivity contribution in [2.45, 2.75) is 26.5 Å². The second kappa shape index (κ2) is 11.6. The molecule has 1 aliphatic rings. The molecule has 6 nitrogen and oxygen atoms in total. The van der Waals surface area contributed by atoms with E-state index in [1.165, 1.54) is 5.56 Å². The summed E-state index contributed by atoms with van der Waals surface area (Å²) in [4.78, 5) is 21.6. The van der Waals surface area contributed by atoms with Gasteiger partial charge in [0, 0.05) is 49.7 Å². The molecule has 1 amide bonds. The van der Waals surface area contributed by atoms with Gasteiger partial charge in [-0.25, -0.2) is 4.98 Å². The Morgan fingerprint density at radius 2 is 1.97 bits per heavy atom. The van der Waals surface area contributed by atoms with Crippen LogP contribution in [0.4, 0.5) is 0 Å². The molecule has 2 heterocycles. The molecule has 4 rings (SSSR count). The van der Waals surface area contributed by atoms with Gasteiger partial charge in [0.1, 0.15) is 12.4 Å². The van der Waals surface area contributed by atoms with Crippen molar-refractivity contribution in [3.63, 3.8) is 0 Å². The molecule has 0 saturated carbocycles. The first-order valence-electron chi connectivity index (χ1n) is 11.4. The predicted octanol–water partition coefficient (Wildman–Crippen LogP) is 4.65. The fourth-order valence-electron chi connectivity index (χ4n) is 3.93. The van der Waals surface area contributed by atoms with Gasteiger partial charge in [-0.05, 0) is 43.2 Å². The second-order valence-corrected chi connectivity index (χ2v) is 9.34. The summed E-state index contributed by atoms with van der Waals surface area (Å²) in [5.74, 6) is 0.756. The van der Waals surface area contributed by atoms with Gasteiger partial charge in [-0.3, -0.25) is 9.69 Å². The number of thiazole rings is 1. The van der Waals surface area contributed by atoms with Gasteiger partial charge in [-0.15, -0.1) is 11.3 Å². The van der Waals surface area contributed by atoms with E-state index in [1.807, 2.05) is 71.8 Å². The highest BCUT2D eigenvalue weighted by molar-refractivity contribution is 7.09. The first-order chi connectivity index (χ1) is 16.6. The first kappa shape index (κ1) is 23.7. The number of benzene rings is 2. The fourth-order valence-corrected chi connectivity index (χ4v) is 4.53. The van der Waals surface area contributed by atoms with E-state index in [2.05, 4.69) is 16.0 Å². The van der Waals surface area contributed by atoms with E-state index >= 15 is 0 Å². The lowest BCUT2D eigenvalue weighted by molar-refractivity contribution is -0.125. The minimum absolute atomic E-state index is 0.0187. The van der Waals surface area contributed by atoms with Crippen molar-refractivity contribution in [3.05, 3.63) is 87.4 Å². The van der Waals surface area contributed by atoms with E-state index in [4.69, 9.17) is 10.00 Å². The molecule has 1 saturated heterocycles. The van der Waals surface area contributed by atoms with Gasteiger partial charge in [-0.2, -0.15) is 5.26 Å². The topological polar surface area (TPSA) is 69.5 Å². The number of carbonyl (C=O) groups is 1. The van der Waals surface area contributed by atoms with Crippen LogP contribution < -0.4 is 4.74 Å². The Bertz CT molecular complexity index is 1180. The number of aromatic nitrogens is 1. The molecule has 7 heteroatoms. The van der Waals surface area contributed by atoms with Crippen LogP contribution in [0.5, 0.6) is 5.75 Å². The van der Waals surface area contributed by atoms with Crippen molar-refractivity contribution >= 4 is 23.3 Å². The molecule has 1 aromatic heterocycles. The maximum atomic E-state index is 12.9. The van der Waals surface area contributed by atoms with Crippen LogP contribution in [-0.4, -0.2) is 46.9 Å².